The maximum atomic E-state index is 10.6. The second kappa shape index (κ2) is 11.9. The van der Waals surface area contributed by atoms with Crippen molar-refractivity contribution in [1.29, 1.82) is 5.26 Å². The van der Waals surface area contributed by atoms with Crippen molar-refractivity contribution in [2.24, 2.45) is 5.92 Å². The van der Waals surface area contributed by atoms with E-state index >= 15 is 0 Å². The molecule has 1 saturated carbocycles. The molecule has 2 aromatic rings. The van der Waals surface area contributed by atoms with Crippen LogP contribution < -0.4 is 0 Å². The summed E-state index contributed by atoms with van der Waals surface area (Å²) in [4.78, 5) is 2.51. The average molecular weight is 457 g/mol. The Labute approximate surface area is 198 Å². The third kappa shape index (κ3) is 6.04. The van der Waals surface area contributed by atoms with E-state index in [9.17, 15) is 5.26 Å². The smallest absolute Gasteiger partial charge is 0.0879 e. The lowest BCUT2D eigenvalue weighted by molar-refractivity contribution is 0.211. The van der Waals surface area contributed by atoms with Crippen molar-refractivity contribution < 1.29 is 0 Å². The van der Waals surface area contributed by atoms with Crippen molar-refractivity contribution in [1.82, 2.24) is 4.90 Å². The van der Waals surface area contributed by atoms with E-state index in [0.29, 0.717) is 16.0 Å². The molecule has 1 aliphatic rings. The number of benzene rings is 2. The molecular formula is C27H34Cl2N2. The van der Waals surface area contributed by atoms with E-state index in [4.69, 9.17) is 23.2 Å². The van der Waals surface area contributed by atoms with E-state index in [1.807, 2.05) is 18.2 Å². The Morgan fingerprint density at radius 1 is 0.968 bits per heavy atom. The van der Waals surface area contributed by atoms with Gasteiger partial charge in [0.25, 0.3) is 0 Å². The fraction of sp³-hybridized carbons (Fsp3) is 0.519. The molecule has 0 amide bonds. The van der Waals surface area contributed by atoms with Gasteiger partial charge >= 0.3 is 0 Å². The Morgan fingerprint density at radius 3 is 2.26 bits per heavy atom. The summed E-state index contributed by atoms with van der Waals surface area (Å²) >= 11 is 13.3. The molecule has 166 valence electrons. The van der Waals surface area contributed by atoms with Gasteiger partial charge < -0.3 is 0 Å². The fourth-order valence-corrected chi connectivity index (χ4v) is 6.00. The van der Waals surface area contributed by atoms with E-state index in [1.165, 1.54) is 24.8 Å². The molecule has 1 aliphatic carbocycles. The van der Waals surface area contributed by atoms with Gasteiger partial charge in [-0.05, 0) is 68.8 Å². The lowest BCUT2D eigenvalue weighted by Crippen LogP contribution is -2.37. The molecule has 31 heavy (non-hydrogen) atoms. The van der Waals surface area contributed by atoms with Crippen LogP contribution in [-0.4, -0.2) is 18.0 Å². The maximum Gasteiger partial charge on any atom is 0.0879 e. The van der Waals surface area contributed by atoms with Crippen LogP contribution in [0.4, 0.5) is 0 Å². The van der Waals surface area contributed by atoms with Crippen LogP contribution in [0, 0.1) is 17.2 Å². The minimum atomic E-state index is -0.611. The Balaban J connectivity index is 1.80. The molecule has 2 nitrogen and oxygen atoms in total. The summed E-state index contributed by atoms with van der Waals surface area (Å²) in [6, 6.07) is 19.0. The van der Waals surface area contributed by atoms with E-state index < -0.39 is 5.41 Å². The van der Waals surface area contributed by atoms with Gasteiger partial charge in [0.1, 0.15) is 0 Å². The van der Waals surface area contributed by atoms with Crippen molar-refractivity contribution in [3.63, 3.8) is 0 Å². The van der Waals surface area contributed by atoms with Crippen molar-refractivity contribution in [3.05, 3.63) is 69.7 Å². The number of rotatable bonds is 10. The second-order valence-corrected chi connectivity index (χ2v) is 9.69. The molecule has 0 N–H and O–H groups in total. The number of nitriles is 1. The quantitative estimate of drug-likeness (QED) is 0.361. The molecule has 0 heterocycles. The third-order valence-corrected chi connectivity index (χ3v) is 7.37. The van der Waals surface area contributed by atoms with Crippen LogP contribution in [0.1, 0.15) is 69.4 Å². The zero-order valence-electron chi connectivity index (χ0n) is 18.6. The second-order valence-electron chi connectivity index (χ2n) is 8.88. The van der Waals surface area contributed by atoms with Crippen molar-refractivity contribution >= 4 is 23.2 Å². The molecule has 0 bridgehead atoms. The monoisotopic (exact) mass is 456 g/mol. The van der Waals surface area contributed by atoms with Crippen LogP contribution in [0.5, 0.6) is 0 Å². The summed E-state index contributed by atoms with van der Waals surface area (Å²) in [6.45, 7) is 5.21. The highest BCUT2D eigenvalue weighted by Gasteiger charge is 2.43. The molecule has 4 heteroatoms. The van der Waals surface area contributed by atoms with Gasteiger partial charge in [-0.25, -0.2) is 0 Å². The first kappa shape index (κ1) is 24.1. The highest BCUT2D eigenvalue weighted by molar-refractivity contribution is 6.36. The van der Waals surface area contributed by atoms with Crippen LogP contribution in [0.25, 0.3) is 0 Å². The van der Waals surface area contributed by atoms with Gasteiger partial charge in [-0.1, -0.05) is 85.8 Å². The first-order chi connectivity index (χ1) is 15.1. The first-order valence-corrected chi connectivity index (χ1v) is 12.5. The lowest BCUT2D eigenvalue weighted by atomic mass is 9.63. The van der Waals surface area contributed by atoms with Gasteiger partial charge in [0.05, 0.1) is 11.5 Å². The number of nitrogens with zero attached hydrogens (tertiary/aromatic N) is 2. The average Bonchev–Trinajstić information content (AvgIpc) is 2.79. The topological polar surface area (TPSA) is 27.0 Å². The molecule has 1 fully saturated rings. The third-order valence-electron chi connectivity index (χ3n) is 6.74. The van der Waals surface area contributed by atoms with Crippen molar-refractivity contribution in [3.8, 4) is 6.07 Å². The van der Waals surface area contributed by atoms with Crippen LogP contribution in [-0.2, 0) is 12.0 Å². The van der Waals surface area contributed by atoms with Gasteiger partial charge in [-0.2, -0.15) is 5.26 Å². The molecule has 0 saturated heterocycles. The highest BCUT2D eigenvalue weighted by Crippen LogP contribution is 2.48. The maximum absolute atomic E-state index is 10.6. The molecule has 2 aromatic carbocycles. The summed E-state index contributed by atoms with van der Waals surface area (Å²) in [5.74, 6) is 0.317. The summed E-state index contributed by atoms with van der Waals surface area (Å²) in [6.07, 6.45) is 8.67. The standard InChI is InChI=1S/C27H34Cl2N2/c1-2-18-31(20-22-11-5-3-6-12-22)19-10-17-27(21-30,23-13-7-4-8-14-23)26-24(28)15-9-16-25(26)29/h3,5-6,9,11-12,15-16,23H,2,4,7-8,10,13-14,17-20H2,1H3. The van der Waals surface area contributed by atoms with E-state index in [2.05, 4.69) is 48.2 Å². The van der Waals surface area contributed by atoms with Gasteiger partial charge in [0.2, 0.25) is 0 Å². The Kier molecular flexibility index (Phi) is 9.27. The molecular weight excluding hydrogens is 423 g/mol. The highest BCUT2D eigenvalue weighted by atomic mass is 35.5. The molecule has 3 rings (SSSR count). The predicted molar refractivity (Wildman–Crippen MR) is 132 cm³/mol. The molecule has 0 aromatic heterocycles. The van der Waals surface area contributed by atoms with Gasteiger partial charge in [-0.15, -0.1) is 0 Å². The molecule has 1 atom stereocenters. The van der Waals surface area contributed by atoms with E-state index in [0.717, 1.165) is 57.3 Å². The molecule has 0 radical (unpaired) electrons. The van der Waals surface area contributed by atoms with E-state index in [-0.39, 0.29) is 0 Å². The summed E-state index contributed by atoms with van der Waals surface area (Å²) in [5.41, 5.74) is 1.59. The Morgan fingerprint density at radius 2 is 1.65 bits per heavy atom. The Bertz CT molecular complexity index is 835. The molecule has 0 aliphatic heterocycles. The fourth-order valence-electron chi connectivity index (χ4n) is 5.26. The van der Waals surface area contributed by atoms with Crippen LogP contribution in [0.15, 0.2) is 48.5 Å². The lowest BCUT2D eigenvalue weighted by Gasteiger charge is -2.39. The predicted octanol–water partition coefficient (Wildman–Crippen LogP) is 8.03. The van der Waals surface area contributed by atoms with Crippen molar-refractivity contribution in [2.45, 2.75) is 70.3 Å². The van der Waals surface area contributed by atoms with Gasteiger partial charge in [0.15, 0.2) is 0 Å². The minimum Gasteiger partial charge on any atom is -0.299 e. The largest absolute Gasteiger partial charge is 0.299 e. The summed E-state index contributed by atoms with van der Waals surface area (Å²) in [5, 5.41) is 11.8. The number of halogens is 2. The summed E-state index contributed by atoms with van der Waals surface area (Å²) < 4.78 is 0. The Hall–Kier alpha value is -1.53. The van der Waals surface area contributed by atoms with Crippen LogP contribution in [0.2, 0.25) is 10.0 Å². The molecule has 0 spiro atoms. The number of hydrogen-bond acceptors (Lipinski definition) is 2. The number of hydrogen-bond donors (Lipinski definition) is 0. The zero-order chi connectivity index (χ0) is 22.1. The van der Waals surface area contributed by atoms with Gasteiger partial charge in [0, 0.05) is 22.2 Å². The van der Waals surface area contributed by atoms with E-state index in [1.54, 1.807) is 0 Å². The minimum absolute atomic E-state index is 0.317. The first-order valence-electron chi connectivity index (χ1n) is 11.7. The van der Waals surface area contributed by atoms with Crippen LogP contribution in [0.3, 0.4) is 0 Å². The zero-order valence-corrected chi connectivity index (χ0v) is 20.1. The van der Waals surface area contributed by atoms with Crippen molar-refractivity contribution in [2.75, 3.05) is 13.1 Å². The normalized spacial score (nSPS) is 16.7. The van der Waals surface area contributed by atoms with Crippen LogP contribution >= 0.6 is 23.2 Å². The molecule has 1 unspecified atom stereocenters. The van der Waals surface area contributed by atoms with Gasteiger partial charge in [-0.3, -0.25) is 4.90 Å². The summed E-state index contributed by atoms with van der Waals surface area (Å²) in [7, 11) is 0. The SMILES string of the molecule is CCCN(CCCC(C#N)(c1c(Cl)cccc1Cl)C1CCCCC1)Cc1ccccc1.